The zero-order valence-corrected chi connectivity index (χ0v) is 16.5. The number of hydrogen-bond donors (Lipinski definition) is 2. The van der Waals surface area contributed by atoms with Crippen LogP contribution >= 0.6 is 28.1 Å². The van der Waals surface area contributed by atoms with Gasteiger partial charge >= 0.3 is 0 Å². The lowest BCUT2D eigenvalue weighted by Crippen LogP contribution is -2.18. The fraction of sp³-hybridized carbons (Fsp3) is 0.158. The first kappa shape index (κ1) is 17.6. The van der Waals surface area contributed by atoms with Crippen LogP contribution in [0.15, 0.2) is 59.3 Å². The Morgan fingerprint density at radius 2 is 1.76 bits per heavy atom. The van der Waals surface area contributed by atoms with Crippen molar-refractivity contribution in [3.05, 3.63) is 76.0 Å². The van der Waals surface area contributed by atoms with Gasteiger partial charge in [-0.1, -0.05) is 34.1 Å². The number of rotatable bonds is 4. The van der Waals surface area contributed by atoms with Gasteiger partial charge in [-0.3, -0.25) is 4.68 Å². The summed E-state index contributed by atoms with van der Waals surface area (Å²) < 4.78 is 2.95. The van der Waals surface area contributed by atoms with Crippen molar-refractivity contribution >= 4 is 44.6 Å². The monoisotopic (exact) mass is 414 g/mol. The van der Waals surface area contributed by atoms with Crippen LogP contribution in [-0.4, -0.2) is 14.9 Å². The molecule has 0 aliphatic heterocycles. The Kier molecular flexibility index (Phi) is 5.50. The molecule has 128 valence electrons. The van der Waals surface area contributed by atoms with Crippen LogP contribution in [0.25, 0.3) is 0 Å². The number of nitrogens with one attached hydrogen (secondary N) is 2. The van der Waals surface area contributed by atoms with Gasteiger partial charge in [0.1, 0.15) is 0 Å². The number of anilines is 2. The van der Waals surface area contributed by atoms with Crippen molar-refractivity contribution in [3.8, 4) is 0 Å². The summed E-state index contributed by atoms with van der Waals surface area (Å²) in [5, 5.41) is 11.3. The van der Waals surface area contributed by atoms with Crippen LogP contribution in [0.3, 0.4) is 0 Å². The highest BCUT2D eigenvalue weighted by molar-refractivity contribution is 9.10. The molecule has 0 unspecified atom stereocenters. The summed E-state index contributed by atoms with van der Waals surface area (Å²) >= 11 is 8.83. The molecule has 0 saturated heterocycles. The molecular weight excluding hydrogens is 396 g/mol. The highest BCUT2D eigenvalue weighted by atomic mass is 79.9. The number of aryl methyl sites for hydroxylation is 2. The largest absolute Gasteiger partial charge is 0.332 e. The van der Waals surface area contributed by atoms with Crippen molar-refractivity contribution in [1.82, 2.24) is 9.78 Å². The van der Waals surface area contributed by atoms with Crippen LogP contribution in [-0.2, 0) is 6.54 Å². The van der Waals surface area contributed by atoms with E-state index < -0.39 is 0 Å². The minimum atomic E-state index is 0.548. The van der Waals surface area contributed by atoms with Gasteiger partial charge in [0, 0.05) is 16.4 Å². The second-order valence-corrected chi connectivity index (χ2v) is 7.26. The average molecular weight is 415 g/mol. The maximum atomic E-state index is 5.38. The van der Waals surface area contributed by atoms with E-state index in [1.807, 2.05) is 29.1 Å². The molecule has 3 rings (SSSR count). The fourth-order valence-corrected chi connectivity index (χ4v) is 2.90. The van der Waals surface area contributed by atoms with Gasteiger partial charge in [-0.15, -0.1) is 0 Å². The van der Waals surface area contributed by atoms with Gasteiger partial charge in [-0.2, -0.15) is 5.10 Å². The van der Waals surface area contributed by atoms with Crippen LogP contribution in [0.2, 0.25) is 0 Å². The molecule has 1 aromatic heterocycles. The predicted octanol–water partition coefficient (Wildman–Crippen LogP) is 5.12. The van der Waals surface area contributed by atoms with Gasteiger partial charge in [0.15, 0.2) is 5.11 Å². The van der Waals surface area contributed by atoms with Crippen molar-refractivity contribution in [1.29, 1.82) is 0 Å². The summed E-state index contributed by atoms with van der Waals surface area (Å²) in [6.07, 6.45) is 3.71. The molecule has 0 atom stereocenters. The Morgan fingerprint density at radius 1 is 1.04 bits per heavy atom. The van der Waals surface area contributed by atoms with Gasteiger partial charge in [-0.05, 0) is 67.0 Å². The molecule has 3 aromatic rings. The first-order valence-electron chi connectivity index (χ1n) is 7.92. The minimum Gasteiger partial charge on any atom is -0.332 e. The van der Waals surface area contributed by atoms with Crippen molar-refractivity contribution < 1.29 is 0 Å². The van der Waals surface area contributed by atoms with E-state index in [1.165, 1.54) is 16.7 Å². The molecule has 25 heavy (non-hydrogen) atoms. The molecule has 6 heteroatoms. The lowest BCUT2D eigenvalue weighted by molar-refractivity contribution is 0.687. The smallest absolute Gasteiger partial charge is 0.175 e. The average Bonchev–Trinajstić information content (AvgIpc) is 3.00. The summed E-state index contributed by atoms with van der Waals surface area (Å²) in [5.74, 6) is 0. The van der Waals surface area contributed by atoms with E-state index >= 15 is 0 Å². The number of halogens is 1. The molecule has 0 amide bonds. The van der Waals surface area contributed by atoms with Gasteiger partial charge in [-0.25, -0.2) is 0 Å². The number of thiocarbonyl (C=S) groups is 1. The van der Waals surface area contributed by atoms with E-state index in [2.05, 4.69) is 69.8 Å². The summed E-state index contributed by atoms with van der Waals surface area (Å²) in [5.41, 5.74) is 5.52. The Morgan fingerprint density at radius 3 is 2.48 bits per heavy atom. The normalized spacial score (nSPS) is 10.5. The van der Waals surface area contributed by atoms with Crippen molar-refractivity contribution in [2.75, 3.05) is 10.6 Å². The lowest BCUT2D eigenvalue weighted by Gasteiger charge is -2.10. The SMILES string of the molecule is Cc1ccc(NC(=S)Nc2cnn(Cc3ccc(Br)cc3)c2)cc1C. The molecule has 0 fully saturated rings. The van der Waals surface area contributed by atoms with E-state index in [1.54, 1.807) is 6.20 Å². The number of nitrogens with zero attached hydrogens (tertiary/aromatic N) is 2. The molecule has 2 aromatic carbocycles. The van der Waals surface area contributed by atoms with Crippen LogP contribution in [0.5, 0.6) is 0 Å². The standard InChI is InChI=1S/C19H19BrN4S/c1-13-3-8-17(9-14(13)2)22-19(25)23-18-10-21-24(12-18)11-15-4-6-16(20)7-5-15/h3-10,12H,11H2,1-2H3,(H2,22,23,25). The topological polar surface area (TPSA) is 41.9 Å². The van der Waals surface area contributed by atoms with E-state index in [9.17, 15) is 0 Å². The molecular formula is C19H19BrN4S. The number of hydrogen-bond acceptors (Lipinski definition) is 2. The maximum absolute atomic E-state index is 5.38. The Balaban J connectivity index is 1.59. The second kappa shape index (κ2) is 7.80. The van der Waals surface area contributed by atoms with Crippen LogP contribution in [0.4, 0.5) is 11.4 Å². The van der Waals surface area contributed by atoms with Gasteiger partial charge in [0.25, 0.3) is 0 Å². The Bertz CT molecular complexity index is 887. The number of aromatic nitrogens is 2. The molecule has 0 aliphatic carbocycles. The molecule has 0 bridgehead atoms. The molecule has 4 nitrogen and oxygen atoms in total. The van der Waals surface area contributed by atoms with E-state index in [0.717, 1.165) is 15.8 Å². The lowest BCUT2D eigenvalue weighted by atomic mass is 10.1. The third kappa shape index (κ3) is 4.90. The fourth-order valence-electron chi connectivity index (χ4n) is 2.40. The molecule has 0 saturated carbocycles. The number of benzene rings is 2. The molecule has 0 aliphatic rings. The van der Waals surface area contributed by atoms with Crippen LogP contribution in [0, 0.1) is 13.8 Å². The summed E-state index contributed by atoms with van der Waals surface area (Å²) in [6, 6.07) is 14.4. The van der Waals surface area contributed by atoms with Crippen molar-refractivity contribution in [3.63, 3.8) is 0 Å². The van der Waals surface area contributed by atoms with E-state index in [-0.39, 0.29) is 0 Å². The quantitative estimate of drug-likeness (QED) is 0.581. The van der Waals surface area contributed by atoms with E-state index in [4.69, 9.17) is 12.2 Å². The van der Waals surface area contributed by atoms with Gasteiger partial charge in [0.2, 0.25) is 0 Å². The Hall–Kier alpha value is -2.18. The van der Waals surface area contributed by atoms with E-state index in [0.29, 0.717) is 11.7 Å². The predicted molar refractivity (Wildman–Crippen MR) is 111 cm³/mol. The second-order valence-electron chi connectivity index (χ2n) is 5.93. The first-order chi connectivity index (χ1) is 12.0. The molecule has 1 heterocycles. The van der Waals surface area contributed by atoms with Gasteiger partial charge in [0.05, 0.1) is 18.4 Å². The summed E-state index contributed by atoms with van der Waals surface area (Å²) in [6.45, 7) is 4.89. The van der Waals surface area contributed by atoms with Crippen molar-refractivity contribution in [2.45, 2.75) is 20.4 Å². The Labute approximate surface area is 161 Å². The summed E-state index contributed by atoms with van der Waals surface area (Å²) in [4.78, 5) is 0. The van der Waals surface area contributed by atoms with Crippen LogP contribution < -0.4 is 10.6 Å². The summed E-state index contributed by atoms with van der Waals surface area (Å²) in [7, 11) is 0. The highest BCUT2D eigenvalue weighted by Gasteiger charge is 2.04. The maximum Gasteiger partial charge on any atom is 0.175 e. The minimum absolute atomic E-state index is 0.548. The van der Waals surface area contributed by atoms with Crippen molar-refractivity contribution in [2.24, 2.45) is 0 Å². The zero-order valence-electron chi connectivity index (χ0n) is 14.1. The zero-order chi connectivity index (χ0) is 17.8. The van der Waals surface area contributed by atoms with Crippen LogP contribution in [0.1, 0.15) is 16.7 Å². The molecule has 0 radical (unpaired) electrons. The molecule has 2 N–H and O–H groups in total. The third-order valence-corrected chi connectivity index (χ3v) is 4.65. The van der Waals surface area contributed by atoms with Gasteiger partial charge < -0.3 is 10.6 Å². The highest BCUT2D eigenvalue weighted by Crippen LogP contribution is 2.15. The first-order valence-corrected chi connectivity index (χ1v) is 9.12. The molecule has 0 spiro atoms. The third-order valence-electron chi connectivity index (χ3n) is 3.91.